The molecule has 2 heterocycles. The lowest BCUT2D eigenvalue weighted by Gasteiger charge is -2.32. The van der Waals surface area contributed by atoms with Crippen molar-refractivity contribution >= 4 is 17.2 Å². The molecule has 0 bridgehead atoms. The van der Waals surface area contributed by atoms with Gasteiger partial charge in [0.15, 0.2) is 0 Å². The Balaban J connectivity index is 1.73. The van der Waals surface area contributed by atoms with Crippen LogP contribution in [0.25, 0.3) is 0 Å². The Kier molecular flexibility index (Phi) is 5.26. The average molecular weight is 348 g/mol. The number of amides is 1. The van der Waals surface area contributed by atoms with Gasteiger partial charge in [0, 0.05) is 19.5 Å². The van der Waals surface area contributed by atoms with E-state index in [1.807, 2.05) is 11.8 Å². The molecular weight excluding hydrogens is 327 g/mol. The number of hydrogen-bond acceptors (Lipinski definition) is 4. The van der Waals surface area contributed by atoms with E-state index in [-0.39, 0.29) is 17.8 Å². The van der Waals surface area contributed by atoms with Crippen molar-refractivity contribution in [3.63, 3.8) is 0 Å². The maximum absolute atomic E-state index is 13.0. The van der Waals surface area contributed by atoms with E-state index in [1.165, 1.54) is 23.5 Å². The zero-order valence-electron chi connectivity index (χ0n) is 13.9. The lowest BCUT2D eigenvalue weighted by atomic mass is 10.1. The lowest BCUT2D eigenvalue weighted by molar-refractivity contribution is -0.0224. The number of hydrogen-bond donors (Lipinski definition) is 0. The van der Waals surface area contributed by atoms with E-state index in [4.69, 9.17) is 4.74 Å². The standard InChI is InChI=1S/C18H21FN2O2S/c1-3-15-11-21(8-9-23-15)18(22)17-12(2)20-16(24-17)10-13-4-6-14(19)7-5-13/h4-7,15H,3,8-11H2,1-2H3/t15-/m0/s1. The third-order valence-corrected chi connectivity index (χ3v) is 5.33. The molecule has 0 spiro atoms. The van der Waals surface area contributed by atoms with Gasteiger partial charge in [-0.05, 0) is 31.0 Å². The van der Waals surface area contributed by atoms with Crippen LogP contribution in [0, 0.1) is 12.7 Å². The maximum atomic E-state index is 13.0. The molecule has 0 radical (unpaired) electrons. The van der Waals surface area contributed by atoms with Gasteiger partial charge in [-0.15, -0.1) is 11.3 Å². The highest BCUT2D eigenvalue weighted by atomic mass is 32.1. The average Bonchev–Trinajstić information content (AvgIpc) is 2.96. The predicted molar refractivity (Wildman–Crippen MR) is 92.0 cm³/mol. The second-order valence-electron chi connectivity index (χ2n) is 5.98. The molecule has 2 aromatic rings. The first-order valence-corrected chi connectivity index (χ1v) is 9.00. The lowest BCUT2D eigenvalue weighted by Crippen LogP contribution is -2.45. The van der Waals surface area contributed by atoms with Gasteiger partial charge in [0.05, 0.1) is 23.4 Å². The summed E-state index contributed by atoms with van der Waals surface area (Å²) in [7, 11) is 0. The third kappa shape index (κ3) is 3.82. The van der Waals surface area contributed by atoms with Gasteiger partial charge in [0.2, 0.25) is 0 Å². The highest BCUT2D eigenvalue weighted by Crippen LogP contribution is 2.23. The normalized spacial score (nSPS) is 18.0. The van der Waals surface area contributed by atoms with E-state index in [2.05, 4.69) is 11.9 Å². The van der Waals surface area contributed by atoms with E-state index in [1.54, 1.807) is 12.1 Å². The minimum Gasteiger partial charge on any atom is -0.375 e. The Hall–Kier alpha value is -1.79. The topological polar surface area (TPSA) is 42.4 Å². The number of rotatable bonds is 4. The highest BCUT2D eigenvalue weighted by molar-refractivity contribution is 7.13. The SMILES string of the molecule is CC[C@H]1CN(C(=O)c2sc(Cc3ccc(F)cc3)nc2C)CCO1. The summed E-state index contributed by atoms with van der Waals surface area (Å²) < 4.78 is 18.6. The minimum atomic E-state index is -0.247. The maximum Gasteiger partial charge on any atom is 0.266 e. The van der Waals surface area contributed by atoms with Crippen molar-refractivity contribution in [2.45, 2.75) is 32.8 Å². The van der Waals surface area contributed by atoms with Gasteiger partial charge in [-0.2, -0.15) is 0 Å². The van der Waals surface area contributed by atoms with Crippen LogP contribution in [0.5, 0.6) is 0 Å². The van der Waals surface area contributed by atoms with E-state index in [9.17, 15) is 9.18 Å². The van der Waals surface area contributed by atoms with Crippen molar-refractivity contribution in [2.24, 2.45) is 0 Å². The molecular formula is C18H21FN2O2S. The first kappa shape index (κ1) is 17.0. The molecule has 0 unspecified atom stereocenters. The van der Waals surface area contributed by atoms with Crippen molar-refractivity contribution in [1.29, 1.82) is 0 Å². The van der Waals surface area contributed by atoms with Gasteiger partial charge in [-0.1, -0.05) is 19.1 Å². The molecule has 1 aromatic heterocycles. The number of morpholine rings is 1. The monoisotopic (exact) mass is 348 g/mol. The van der Waals surface area contributed by atoms with Crippen LogP contribution in [0.3, 0.4) is 0 Å². The summed E-state index contributed by atoms with van der Waals surface area (Å²) >= 11 is 1.43. The van der Waals surface area contributed by atoms with Gasteiger partial charge < -0.3 is 9.64 Å². The number of carbonyl (C=O) groups excluding carboxylic acids is 1. The van der Waals surface area contributed by atoms with Crippen LogP contribution in [0.15, 0.2) is 24.3 Å². The van der Waals surface area contributed by atoms with Crippen LogP contribution in [-0.4, -0.2) is 41.6 Å². The fourth-order valence-electron chi connectivity index (χ4n) is 2.80. The molecule has 0 N–H and O–H groups in total. The number of benzene rings is 1. The molecule has 1 aliphatic rings. The van der Waals surface area contributed by atoms with E-state index >= 15 is 0 Å². The highest BCUT2D eigenvalue weighted by Gasteiger charge is 2.26. The van der Waals surface area contributed by atoms with E-state index < -0.39 is 0 Å². The molecule has 0 aliphatic carbocycles. The fourth-order valence-corrected chi connectivity index (χ4v) is 3.86. The number of aromatic nitrogens is 1. The number of nitrogens with zero attached hydrogens (tertiary/aromatic N) is 2. The number of thiazole rings is 1. The molecule has 6 heteroatoms. The number of ether oxygens (including phenoxy) is 1. The minimum absolute atomic E-state index is 0.0390. The van der Waals surface area contributed by atoms with Crippen LogP contribution in [-0.2, 0) is 11.2 Å². The van der Waals surface area contributed by atoms with Crippen LogP contribution in [0.2, 0.25) is 0 Å². The number of carbonyl (C=O) groups is 1. The summed E-state index contributed by atoms with van der Waals surface area (Å²) in [6.07, 6.45) is 1.63. The third-order valence-electron chi connectivity index (χ3n) is 4.19. The van der Waals surface area contributed by atoms with Crippen LogP contribution >= 0.6 is 11.3 Å². The van der Waals surface area contributed by atoms with Gasteiger partial charge in [0.25, 0.3) is 5.91 Å². The van der Waals surface area contributed by atoms with Crippen molar-refractivity contribution in [3.05, 3.63) is 51.2 Å². The molecule has 0 saturated carbocycles. The zero-order chi connectivity index (χ0) is 17.1. The molecule has 1 amide bonds. The van der Waals surface area contributed by atoms with Crippen LogP contribution in [0.4, 0.5) is 4.39 Å². The second kappa shape index (κ2) is 7.40. The molecule has 4 nitrogen and oxygen atoms in total. The van der Waals surface area contributed by atoms with Crippen molar-refractivity contribution < 1.29 is 13.9 Å². The first-order chi connectivity index (χ1) is 11.6. The van der Waals surface area contributed by atoms with Gasteiger partial charge in [-0.25, -0.2) is 9.37 Å². The van der Waals surface area contributed by atoms with Crippen molar-refractivity contribution in [1.82, 2.24) is 9.88 Å². The van der Waals surface area contributed by atoms with E-state index in [0.717, 1.165) is 22.7 Å². The Morgan fingerprint density at radius 3 is 2.88 bits per heavy atom. The summed E-state index contributed by atoms with van der Waals surface area (Å²) in [5, 5.41) is 0.878. The quantitative estimate of drug-likeness (QED) is 0.850. The molecule has 1 saturated heterocycles. The summed E-state index contributed by atoms with van der Waals surface area (Å²) in [5.74, 6) is -0.208. The Morgan fingerprint density at radius 1 is 1.42 bits per heavy atom. The largest absolute Gasteiger partial charge is 0.375 e. The smallest absolute Gasteiger partial charge is 0.266 e. The van der Waals surface area contributed by atoms with Gasteiger partial charge in [-0.3, -0.25) is 4.79 Å². The molecule has 128 valence electrons. The van der Waals surface area contributed by atoms with Gasteiger partial charge in [0.1, 0.15) is 10.7 Å². The second-order valence-corrected chi connectivity index (χ2v) is 7.06. The van der Waals surface area contributed by atoms with Crippen LogP contribution < -0.4 is 0 Å². The molecule has 1 aliphatic heterocycles. The Labute approximate surface area is 145 Å². The summed E-state index contributed by atoms with van der Waals surface area (Å²) in [4.78, 5) is 19.9. The predicted octanol–water partition coefficient (Wildman–Crippen LogP) is 3.43. The molecule has 1 atom stereocenters. The molecule has 1 aromatic carbocycles. The zero-order valence-corrected chi connectivity index (χ0v) is 14.7. The Morgan fingerprint density at radius 2 is 2.17 bits per heavy atom. The first-order valence-electron chi connectivity index (χ1n) is 8.18. The molecule has 3 rings (SSSR count). The Bertz CT molecular complexity index is 714. The summed E-state index contributed by atoms with van der Waals surface area (Å²) in [5.41, 5.74) is 1.75. The van der Waals surface area contributed by atoms with Gasteiger partial charge >= 0.3 is 0 Å². The van der Waals surface area contributed by atoms with Crippen molar-refractivity contribution in [2.75, 3.05) is 19.7 Å². The van der Waals surface area contributed by atoms with E-state index in [0.29, 0.717) is 31.0 Å². The number of aryl methyl sites for hydroxylation is 1. The fraction of sp³-hybridized carbons (Fsp3) is 0.444. The summed E-state index contributed by atoms with van der Waals surface area (Å²) in [6.45, 7) is 5.79. The van der Waals surface area contributed by atoms with Crippen LogP contribution in [0.1, 0.15) is 39.3 Å². The molecule has 1 fully saturated rings. The number of halogens is 1. The van der Waals surface area contributed by atoms with Crippen molar-refractivity contribution in [3.8, 4) is 0 Å². The molecule has 24 heavy (non-hydrogen) atoms. The summed E-state index contributed by atoms with van der Waals surface area (Å²) in [6, 6.07) is 6.39.